The molecule has 1 aliphatic rings. The molecule has 1 amide bonds. The Hall–Kier alpha value is -2.29. The van der Waals surface area contributed by atoms with Gasteiger partial charge in [-0.1, -0.05) is 18.2 Å². The molecule has 2 aromatic rings. The molecule has 0 bridgehead atoms. The normalized spacial score (nSPS) is 15.8. The number of benzene rings is 2. The Bertz CT molecular complexity index is 632. The van der Waals surface area contributed by atoms with E-state index in [4.69, 9.17) is 4.74 Å². The van der Waals surface area contributed by atoms with Crippen LogP contribution in [0.1, 0.15) is 19.4 Å². The van der Waals surface area contributed by atoms with Gasteiger partial charge in [0.25, 0.3) is 0 Å². The number of fused-ring (bicyclic) bond motifs is 1. The van der Waals surface area contributed by atoms with Crippen LogP contribution in [0.5, 0.6) is 11.5 Å². The lowest BCUT2D eigenvalue weighted by Gasteiger charge is -2.16. The van der Waals surface area contributed by atoms with Crippen molar-refractivity contribution in [1.82, 2.24) is 0 Å². The van der Waals surface area contributed by atoms with Crippen LogP contribution >= 0.6 is 0 Å². The van der Waals surface area contributed by atoms with Crippen molar-refractivity contribution in [1.29, 1.82) is 0 Å². The fourth-order valence-electron chi connectivity index (χ4n) is 2.24. The summed E-state index contributed by atoms with van der Waals surface area (Å²) in [6.45, 7) is 3.83. The van der Waals surface area contributed by atoms with Gasteiger partial charge in [-0.15, -0.1) is 0 Å². The first-order chi connectivity index (χ1) is 9.07. The highest BCUT2D eigenvalue weighted by atomic mass is 16.5. The summed E-state index contributed by atoms with van der Waals surface area (Å²) >= 11 is 0. The second kappa shape index (κ2) is 4.12. The standard InChI is InChI=1S/C16H15NO2/c1-16(2)13-10-12(8-9-14(13)17-15(16)18)19-11-6-4-3-5-7-11/h3-10H,1-2H3,(H,17,18). The van der Waals surface area contributed by atoms with Crippen LogP contribution in [0.3, 0.4) is 0 Å². The molecule has 0 aliphatic carbocycles. The molecule has 0 saturated heterocycles. The van der Waals surface area contributed by atoms with Crippen LogP contribution in [0.25, 0.3) is 0 Å². The highest BCUT2D eigenvalue weighted by Crippen LogP contribution is 2.39. The quantitative estimate of drug-likeness (QED) is 0.886. The van der Waals surface area contributed by atoms with Gasteiger partial charge in [0.1, 0.15) is 11.5 Å². The molecule has 96 valence electrons. The Balaban J connectivity index is 1.95. The highest BCUT2D eigenvalue weighted by molar-refractivity contribution is 6.05. The van der Waals surface area contributed by atoms with Crippen LogP contribution in [0.2, 0.25) is 0 Å². The van der Waals surface area contributed by atoms with Gasteiger partial charge in [-0.25, -0.2) is 0 Å². The molecule has 1 N–H and O–H groups in total. The molecular weight excluding hydrogens is 238 g/mol. The first-order valence-corrected chi connectivity index (χ1v) is 6.26. The van der Waals surface area contributed by atoms with Gasteiger partial charge in [-0.05, 0) is 49.7 Å². The minimum absolute atomic E-state index is 0.0272. The van der Waals surface area contributed by atoms with Crippen LogP contribution < -0.4 is 10.1 Å². The van der Waals surface area contributed by atoms with Crippen LogP contribution in [0.4, 0.5) is 5.69 Å². The van der Waals surface area contributed by atoms with Crippen molar-refractivity contribution >= 4 is 11.6 Å². The van der Waals surface area contributed by atoms with Gasteiger partial charge < -0.3 is 10.1 Å². The number of rotatable bonds is 2. The smallest absolute Gasteiger partial charge is 0.234 e. The van der Waals surface area contributed by atoms with Gasteiger partial charge in [0.2, 0.25) is 5.91 Å². The summed E-state index contributed by atoms with van der Waals surface area (Å²) in [5.74, 6) is 1.56. The van der Waals surface area contributed by atoms with Gasteiger partial charge in [0.15, 0.2) is 0 Å². The summed E-state index contributed by atoms with van der Waals surface area (Å²) < 4.78 is 5.79. The first kappa shape index (κ1) is 11.8. The lowest BCUT2D eigenvalue weighted by atomic mass is 9.86. The molecule has 1 aliphatic heterocycles. The minimum Gasteiger partial charge on any atom is -0.457 e. The molecule has 3 rings (SSSR count). The fraction of sp³-hybridized carbons (Fsp3) is 0.188. The predicted octanol–water partition coefficient (Wildman–Crippen LogP) is 3.71. The molecule has 3 nitrogen and oxygen atoms in total. The molecule has 3 heteroatoms. The van der Waals surface area contributed by atoms with Crippen LogP contribution in [-0.2, 0) is 10.2 Å². The van der Waals surface area contributed by atoms with Crippen molar-refractivity contribution in [3.05, 3.63) is 54.1 Å². The summed E-state index contributed by atoms with van der Waals surface area (Å²) in [6.07, 6.45) is 0. The number of nitrogens with one attached hydrogen (secondary N) is 1. The summed E-state index contributed by atoms with van der Waals surface area (Å²) in [6, 6.07) is 15.3. The summed E-state index contributed by atoms with van der Waals surface area (Å²) in [5.41, 5.74) is 1.34. The van der Waals surface area contributed by atoms with Crippen molar-refractivity contribution in [3.8, 4) is 11.5 Å². The lowest BCUT2D eigenvalue weighted by molar-refractivity contribution is -0.119. The number of carbonyl (C=O) groups is 1. The third kappa shape index (κ3) is 1.97. The van der Waals surface area contributed by atoms with E-state index in [0.29, 0.717) is 0 Å². The van der Waals surface area contributed by atoms with Crippen molar-refractivity contribution in [2.75, 3.05) is 5.32 Å². The third-order valence-corrected chi connectivity index (χ3v) is 3.46. The van der Waals surface area contributed by atoms with E-state index in [1.54, 1.807) is 0 Å². The average Bonchev–Trinajstić information content (AvgIpc) is 2.62. The molecule has 1 heterocycles. The summed E-state index contributed by atoms with van der Waals surface area (Å²) in [7, 11) is 0. The Labute approximate surface area is 112 Å². The van der Waals surface area contributed by atoms with Crippen LogP contribution in [0, 0.1) is 0 Å². The predicted molar refractivity (Wildman–Crippen MR) is 74.6 cm³/mol. The number of para-hydroxylation sites is 1. The largest absolute Gasteiger partial charge is 0.457 e. The van der Waals surface area contributed by atoms with Gasteiger partial charge in [0.05, 0.1) is 5.41 Å². The van der Waals surface area contributed by atoms with E-state index in [1.807, 2.05) is 62.4 Å². The lowest BCUT2D eigenvalue weighted by Crippen LogP contribution is -2.26. The topological polar surface area (TPSA) is 38.3 Å². The van der Waals surface area contributed by atoms with E-state index in [1.165, 1.54) is 0 Å². The number of anilines is 1. The monoisotopic (exact) mass is 253 g/mol. The van der Waals surface area contributed by atoms with Gasteiger partial charge in [0, 0.05) is 5.69 Å². The molecule has 19 heavy (non-hydrogen) atoms. The van der Waals surface area contributed by atoms with E-state index in [9.17, 15) is 4.79 Å². The van der Waals surface area contributed by atoms with Crippen molar-refractivity contribution in [2.24, 2.45) is 0 Å². The second-order valence-corrected chi connectivity index (χ2v) is 5.20. The molecule has 0 fully saturated rings. The van der Waals surface area contributed by atoms with E-state index >= 15 is 0 Å². The maximum Gasteiger partial charge on any atom is 0.234 e. The van der Waals surface area contributed by atoms with Gasteiger partial charge in [-0.3, -0.25) is 4.79 Å². The zero-order chi connectivity index (χ0) is 13.5. The Morgan fingerprint density at radius 3 is 2.47 bits per heavy atom. The summed E-state index contributed by atoms with van der Waals surface area (Å²) in [5, 5.41) is 2.88. The van der Waals surface area contributed by atoms with E-state index in [2.05, 4.69) is 5.32 Å². The number of hydrogen-bond donors (Lipinski definition) is 1. The highest BCUT2D eigenvalue weighted by Gasteiger charge is 2.38. The molecule has 0 radical (unpaired) electrons. The number of carbonyl (C=O) groups excluding carboxylic acids is 1. The van der Waals surface area contributed by atoms with Crippen molar-refractivity contribution < 1.29 is 9.53 Å². The molecule has 2 aromatic carbocycles. The van der Waals surface area contributed by atoms with Crippen molar-refractivity contribution in [3.63, 3.8) is 0 Å². The number of ether oxygens (including phenoxy) is 1. The SMILES string of the molecule is CC1(C)C(=O)Nc2ccc(Oc3ccccc3)cc21. The van der Waals surface area contributed by atoms with Crippen molar-refractivity contribution in [2.45, 2.75) is 19.3 Å². The summed E-state index contributed by atoms with van der Waals surface area (Å²) in [4.78, 5) is 11.9. The molecule has 0 saturated carbocycles. The third-order valence-electron chi connectivity index (χ3n) is 3.46. The first-order valence-electron chi connectivity index (χ1n) is 6.26. The maximum atomic E-state index is 11.9. The minimum atomic E-state index is -0.509. The Kier molecular flexibility index (Phi) is 2.56. The second-order valence-electron chi connectivity index (χ2n) is 5.20. The maximum absolute atomic E-state index is 11.9. The average molecular weight is 253 g/mol. The molecule has 0 atom stereocenters. The van der Waals surface area contributed by atoms with E-state index < -0.39 is 5.41 Å². The van der Waals surface area contributed by atoms with Gasteiger partial charge in [-0.2, -0.15) is 0 Å². The van der Waals surface area contributed by atoms with Gasteiger partial charge >= 0.3 is 0 Å². The fourth-order valence-corrected chi connectivity index (χ4v) is 2.24. The number of amides is 1. The zero-order valence-electron chi connectivity index (χ0n) is 10.9. The van der Waals surface area contributed by atoms with Crippen LogP contribution in [-0.4, -0.2) is 5.91 Å². The molecule has 0 unspecified atom stereocenters. The van der Waals surface area contributed by atoms with E-state index in [-0.39, 0.29) is 5.91 Å². The zero-order valence-corrected chi connectivity index (χ0v) is 10.9. The molecular formula is C16H15NO2. The van der Waals surface area contributed by atoms with Crippen LogP contribution in [0.15, 0.2) is 48.5 Å². The number of hydrogen-bond acceptors (Lipinski definition) is 2. The van der Waals surface area contributed by atoms with E-state index in [0.717, 1.165) is 22.7 Å². The molecule has 0 spiro atoms. The Morgan fingerprint density at radius 1 is 1.00 bits per heavy atom. The Morgan fingerprint density at radius 2 is 1.74 bits per heavy atom. The molecule has 0 aromatic heterocycles.